The molecule has 93 heavy (non-hydrogen) atoms. The van der Waals surface area contributed by atoms with Crippen LogP contribution in [0.5, 0.6) is 23.0 Å². The van der Waals surface area contributed by atoms with Crippen LogP contribution in [-0.4, -0.2) is 73.5 Å². The van der Waals surface area contributed by atoms with Crippen molar-refractivity contribution in [1.29, 1.82) is 0 Å². The molecule has 0 aliphatic heterocycles. The van der Waals surface area contributed by atoms with E-state index in [1.54, 1.807) is 0 Å². The molecule has 0 saturated carbocycles. The van der Waals surface area contributed by atoms with Crippen LogP contribution in [0.4, 0.5) is 35.1 Å². The SMILES string of the molecule is CCCCCCCCOc1ccc(-c2cccc(S)c2-c2ccc(OCCCCCCCC)cc2)cc1.CCCCCCCCOc1ccc(-c2cccc(S)c2-c2ccc(OCCCCCCCC)cc2)cc1.O=C(O)C(F)(F)C(F)(F)C(F)(F)C(F)(F)S(=O)(=O)O. The minimum absolute atomic E-state index is 0.785. The highest BCUT2D eigenvalue weighted by atomic mass is 32.2. The summed E-state index contributed by atoms with van der Waals surface area (Å²) < 4.78 is 151. The molecule has 0 fully saturated rings. The number of carboxylic acid groups (broad SMARTS) is 1. The van der Waals surface area contributed by atoms with Gasteiger partial charge in [0, 0.05) is 20.9 Å². The first-order valence-corrected chi connectivity index (χ1v) is 35.0. The molecule has 0 unspecified atom stereocenters. The van der Waals surface area contributed by atoms with Crippen LogP contribution < -0.4 is 18.9 Å². The van der Waals surface area contributed by atoms with Crippen LogP contribution in [0.15, 0.2) is 143 Å². The first-order chi connectivity index (χ1) is 44.4. The molecule has 0 radical (unpaired) electrons. The summed E-state index contributed by atoms with van der Waals surface area (Å²) in [5, 5.41) is 0.549. The smallest absolute Gasteiger partial charge is 0.438 e. The lowest BCUT2D eigenvalue weighted by atomic mass is 9.94. The van der Waals surface area contributed by atoms with Gasteiger partial charge in [-0.2, -0.15) is 43.5 Å². The van der Waals surface area contributed by atoms with Gasteiger partial charge in [0.05, 0.1) is 26.4 Å². The summed E-state index contributed by atoms with van der Waals surface area (Å²) in [6.45, 7) is 12.2. The van der Waals surface area contributed by atoms with Crippen molar-refractivity contribution < 1.29 is 76.9 Å². The van der Waals surface area contributed by atoms with Crippen molar-refractivity contribution in [2.45, 2.75) is 215 Å². The van der Waals surface area contributed by atoms with E-state index in [0.717, 1.165) is 107 Å². The van der Waals surface area contributed by atoms with Gasteiger partial charge >= 0.3 is 39.1 Å². The molecule has 0 saturated heterocycles. The maximum atomic E-state index is 12.5. The van der Waals surface area contributed by atoms with Gasteiger partial charge in [0.25, 0.3) is 0 Å². The summed E-state index contributed by atoms with van der Waals surface area (Å²) >= 11 is 9.62. The lowest BCUT2D eigenvalue weighted by molar-refractivity contribution is -0.341. The van der Waals surface area contributed by atoms with Crippen molar-refractivity contribution in [3.05, 3.63) is 133 Å². The summed E-state index contributed by atoms with van der Waals surface area (Å²) in [7, 11) is -7.22. The van der Waals surface area contributed by atoms with Crippen LogP contribution in [0, 0.1) is 0 Å². The zero-order valence-corrected chi connectivity index (χ0v) is 56.7. The van der Waals surface area contributed by atoms with Gasteiger partial charge in [-0.05, 0) is 120 Å². The molecule has 0 amide bonds. The number of unbranched alkanes of at least 4 members (excludes halogenated alkanes) is 20. The topological polar surface area (TPSA) is 129 Å². The maximum absolute atomic E-state index is 12.5. The number of thiol groups is 2. The molecule has 0 aliphatic rings. The van der Waals surface area contributed by atoms with Crippen LogP contribution in [0.25, 0.3) is 44.5 Å². The molecule has 0 heterocycles. The maximum Gasteiger partial charge on any atom is 0.438 e. The largest absolute Gasteiger partial charge is 0.494 e. The number of hydrogen-bond donors (Lipinski definition) is 4. The highest BCUT2D eigenvalue weighted by Gasteiger charge is 2.86. The second kappa shape index (κ2) is 41.1. The van der Waals surface area contributed by atoms with Gasteiger partial charge in [-0.3, -0.25) is 4.55 Å². The lowest BCUT2D eigenvalue weighted by Crippen LogP contribution is -2.66. The Morgan fingerprint density at radius 1 is 0.376 bits per heavy atom. The van der Waals surface area contributed by atoms with E-state index in [0.29, 0.717) is 0 Å². The molecule has 9 nitrogen and oxygen atoms in total. The molecular weight excluding hydrogens is 1270 g/mol. The molecule has 6 aromatic carbocycles. The predicted octanol–water partition coefficient (Wildman–Crippen LogP) is 23.0. The van der Waals surface area contributed by atoms with E-state index in [1.807, 2.05) is 0 Å². The Morgan fingerprint density at radius 2 is 0.624 bits per heavy atom. The zero-order valence-electron chi connectivity index (χ0n) is 54.1. The Hall–Kier alpha value is -5.96. The summed E-state index contributed by atoms with van der Waals surface area (Å²) in [5.74, 6) is -21.6. The fourth-order valence-corrected chi connectivity index (χ4v) is 11.2. The van der Waals surface area contributed by atoms with Gasteiger partial charge in [-0.1, -0.05) is 229 Å². The van der Waals surface area contributed by atoms with Crippen molar-refractivity contribution >= 4 is 41.3 Å². The Labute approximate surface area is 557 Å². The lowest BCUT2D eigenvalue weighted by Gasteiger charge is -2.33. The molecule has 6 rings (SSSR count). The number of rotatable bonds is 41. The second-order valence-corrected chi connectivity index (χ2v) is 25.4. The number of hydrogen-bond acceptors (Lipinski definition) is 9. The molecular formula is C73H94F8O9S3. The standard InChI is InChI=1S/2C34H46O2S.C5H2F8O5S/c2*1-3-5-7-9-11-13-26-35-30-22-18-28(19-23-30)32-16-15-17-33(37)34(32)29-20-24-31(25-21-29)36-27-14-12-10-8-6-4-2;6-2(7,1(14)15)3(8,9)4(10,11)5(12,13)19(16,17)18/h2*15-25,37H,3-14,26-27H2,1-2H3;(H,14,15)(H,16,17,18). The third-order valence-electron chi connectivity index (χ3n) is 15.5. The van der Waals surface area contributed by atoms with Gasteiger partial charge < -0.3 is 24.1 Å². The molecule has 0 aromatic heterocycles. The molecule has 0 atom stereocenters. The fourth-order valence-electron chi connectivity index (χ4n) is 10.0. The van der Waals surface area contributed by atoms with E-state index < -0.39 is 39.1 Å². The van der Waals surface area contributed by atoms with Crippen molar-refractivity contribution in [2.24, 2.45) is 0 Å². The highest BCUT2D eigenvalue weighted by Crippen LogP contribution is 2.54. The summed E-state index contributed by atoms with van der Waals surface area (Å²) in [5.41, 5.74) is 9.28. The van der Waals surface area contributed by atoms with E-state index in [2.05, 4.69) is 161 Å². The number of alkyl halides is 8. The van der Waals surface area contributed by atoms with Crippen LogP contribution in [-0.2, 0) is 14.9 Å². The number of benzene rings is 6. The van der Waals surface area contributed by atoms with Crippen molar-refractivity contribution in [3.8, 4) is 67.5 Å². The van der Waals surface area contributed by atoms with E-state index in [9.17, 15) is 48.3 Å². The number of halogens is 8. The molecule has 0 bridgehead atoms. The van der Waals surface area contributed by atoms with Crippen LogP contribution >= 0.6 is 25.3 Å². The predicted molar refractivity (Wildman–Crippen MR) is 364 cm³/mol. The number of carbonyl (C=O) groups is 1. The fraction of sp³-hybridized carbons (Fsp3) is 0.493. The van der Waals surface area contributed by atoms with Crippen molar-refractivity contribution in [3.63, 3.8) is 0 Å². The van der Waals surface area contributed by atoms with Gasteiger partial charge in [0.1, 0.15) is 23.0 Å². The number of aliphatic carboxylic acids is 1. The van der Waals surface area contributed by atoms with Gasteiger partial charge in [-0.15, -0.1) is 25.3 Å². The first-order valence-electron chi connectivity index (χ1n) is 32.7. The van der Waals surface area contributed by atoms with E-state index in [4.69, 9.17) is 53.9 Å². The van der Waals surface area contributed by atoms with Crippen molar-refractivity contribution in [1.82, 2.24) is 0 Å². The van der Waals surface area contributed by atoms with E-state index >= 15 is 0 Å². The summed E-state index contributed by atoms with van der Waals surface area (Å²) in [6.07, 6.45) is 30.6. The number of ether oxygens (including phenoxy) is 4. The van der Waals surface area contributed by atoms with E-state index in [-0.39, 0.29) is 0 Å². The zero-order chi connectivity index (χ0) is 68.3. The second-order valence-electron chi connectivity index (χ2n) is 23.0. The molecule has 0 aliphatic carbocycles. The summed E-state index contributed by atoms with van der Waals surface area (Å²) in [4.78, 5) is 11.6. The molecule has 0 spiro atoms. The Morgan fingerprint density at radius 3 is 0.871 bits per heavy atom. The highest BCUT2D eigenvalue weighted by molar-refractivity contribution is 7.87. The quantitative estimate of drug-likeness (QED) is 0.0128. The van der Waals surface area contributed by atoms with E-state index in [1.165, 1.54) is 151 Å². The molecule has 20 heteroatoms. The van der Waals surface area contributed by atoms with Gasteiger partial charge in [-0.25, -0.2) is 4.79 Å². The Balaban J connectivity index is 0.000000314. The third kappa shape index (κ3) is 25.0. The first kappa shape index (κ1) is 79.5. The Bertz CT molecular complexity index is 3020. The average Bonchev–Trinajstić information content (AvgIpc) is 0.759. The normalized spacial score (nSPS) is 11.9. The minimum atomic E-state index is -7.39. The van der Waals surface area contributed by atoms with Gasteiger partial charge in [0.2, 0.25) is 0 Å². The molecule has 514 valence electrons. The van der Waals surface area contributed by atoms with Gasteiger partial charge in [0.15, 0.2) is 0 Å². The van der Waals surface area contributed by atoms with Crippen LogP contribution in [0.3, 0.4) is 0 Å². The van der Waals surface area contributed by atoms with Crippen molar-refractivity contribution in [2.75, 3.05) is 26.4 Å². The molecule has 2 N–H and O–H groups in total. The van der Waals surface area contributed by atoms with Crippen LogP contribution in [0.2, 0.25) is 0 Å². The molecule has 6 aromatic rings. The average molecular weight is 1360 g/mol. The number of carboxylic acids is 1. The Kier molecular flexibility index (Phi) is 35.1. The third-order valence-corrected chi connectivity index (χ3v) is 17.2. The monoisotopic (exact) mass is 1360 g/mol. The minimum Gasteiger partial charge on any atom is -0.494 e. The van der Waals surface area contributed by atoms with Crippen LogP contribution in [0.1, 0.15) is 182 Å². The summed E-state index contributed by atoms with van der Waals surface area (Å²) in [6, 6.07) is 46.5.